The number of hydrogen-bond donors (Lipinski definition) is 2. The van der Waals surface area contributed by atoms with Crippen molar-refractivity contribution in [1.29, 1.82) is 0 Å². The van der Waals surface area contributed by atoms with Crippen molar-refractivity contribution >= 4 is 11.6 Å². The van der Waals surface area contributed by atoms with Crippen LogP contribution in [0.3, 0.4) is 0 Å². The molecule has 5 nitrogen and oxygen atoms in total. The van der Waals surface area contributed by atoms with Gasteiger partial charge in [0.1, 0.15) is 5.75 Å². The Kier molecular flexibility index (Phi) is 5.53. The van der Waals surface area contributed by atoms with Gasteiger partial charge in [0.05, 0.1) is 17.4 Å². The molecule has 25 heavy (non-hydrogen) atoms. The second-order valence-corrected chi connectivity index (χ2v) is 6.45. The third kappa shape index (κ3) is 4.29. The highest BCUT2D eigenvalue weighted by atomic mass is 16.5. The number of aromatic nitrogens is 1. The molecule has 1 saturated carbocycles. The van der Waals surface area contributed by atoms with E-state index in [2.05, 4.69) is 15.6 Å². The fourth-order valence-electron chi connectivity index (χ4n) is 3.26. The Balaban J connectivity index is 1.52. The first kappa shape index (κ1) is 17.3. The number of carbonyl (C=O) groups is 1. The van der Waals surface area contributed by atoms with E-state index in [1.54, 1.807) is 6.20 Å². The zero-order valence-corrected chi connectivity index (χ0v) is 14.8. The molecule has 1 aromatic heterocycles. The van der Waals surface area contributed by atoms with Crippen molar-refractivity contribution in [2.75, 3.05) is 12.4 Å². The lowest BCUT2D eigenvalue weighted by atomic mass is 9.92. The molecule has 0 aliphatic heterocycles. The maximum absolute atomic E-state index is 12.5. The molecule has 0 bridgehead atoms. The highest BCUT2D eigenvalue weighted by Gasteiger charge is 2.24. The molecule has 132 valence electrons. The van der Waals surface area contributed by atoms with Crippen molar-refractivity contribution in [3.63, 3.8) is 0 Å². The van der Waals surface area contributed by atoms with Crippen LogP contribution in [0.1, 0.15) is 41.7 Å². The summed E-state index contributed by atoms with van der Waals surface area (Å²) < 4.78 is 6.08. The van der Waals surface area contributed by atoms with Crippen LogP contribution < -0.4 is 15.4 Å². The summed E-state index contributed by atoms with van der Waals surface area (Å²) >= 11 is 0. The van der Waals surface area contributed by atoms with Gasteiger partial charge in [0.2, 0.25) is 0 Å². The number of amides is 1. The lowest BCUT2D eigenvalue weighted by Crippen LogP contribution is -2.39. The average Bonchev–Trinajstić information content (AvgIpc) is 2.65. The second-order valence-electron chi connectivity index (χ2n) is 6.45. The van der Waals surface area contributed by atoms with Gasteiger partial charge in [-0.15, -0.1) is 0 Å². The van der Waals surface area contributed by atoms with Gasteiger partial charge in [-0.05, 0) is 56.9 Å². The van der Waals surface area contributed by atoms with E-state index in [9.17, 15) is 4.79 Å². The first-order valence-corrected chi connectivity index (χ1v) is 8.83. The van der Waals surface area contributed by atoms with Crippen molar-refractivity contribution in [2.24, 2.45) is 0 Å². The van der Waals surface area contributed by atoms with Crippen molar-refractivity contribution in [3.05, 3.63) is 53.9 Å². The molecule has 1 amide bonds. The summed E-state index contributed by atoms with van der Waals surface area (Å²) in [7, 11) is 1.83. The molecular formula is C20H25N3O2. The van der Waals surface area contributed by atoms with Crippen molar-refractivity contribution in [3.8, 4) is 5.75 Å². The molecular weight excluding hydrogens is 314 g/mol. The summed E-state index contributed by atoms with van der Waals surface area (Å²) in [5, 5.41) is 6.23. The lowest BCUT2D eigenvalue weighted by molar-refractivity contribution is 0.0894. The van der Waals surface area contributed by atoms with Crippen molar-refractivity contribution in [2.45, 2.75) is 44.8 Å². The Morgan fingerprint density at radius 3 is 2.60 bits per heavy atom. The van der Waals surface area contributed by atoms with Crippen LogP contribution in [0.25, 0.3) is 0 Å². The molecule has 0 spiro atoms. The van der Waals surface area contributed by atoms with Gasteiger partial charge >= 0.3 is 0 Å². The minimum absolute atomic E-state index is 0.0163. The molecule has 0 unspecified atom stereocenters. The molecule has 1 aromatic carbocycles. The monoisotopic (exact) mass is 339 g/mol. The summed E-state index contributed by atoms with van der Waals surface area (Å²) in [6, 6.07) is 11.6. The third-order valence-electron chi connectivity index (χ3n) is 4.70. The van der Waals surface area contributed by atoms with E-state index < -0.39 is 0 Å². The molecule has 3 rings (SSSR count). The van der Waals surface area contributed by atoms with Crippen LogP contribution in [0.15, 0.2) is 42.6 Å². The molecule has 1 fully saturated rings. The molecule has 2 aromatic rings. The van der Waals surface area contributed by atoms with E-state index in [0.717, 1.165) is 42.8 Å². The summed E-state index contributed by atoms with van der Waals surface area (Å²) in [4.78, 5) is 16.8. The van der Waals surface area contributed by atoms with E-state index in [-0.39, 0.29) is 18.1 Å². The largest absolute Gasteiger partial charge is 0.489 e. The van der Waals surface area contributed by atoms with Gasteiger partial charge in [0.15, 0.2) is 0 Å². The molecule has 0 radical (unpaired) electrons. The number of carbonyl (C=O) groups excluding carboxylic acids is 1. The van der Waals surface area contributed by atoms with Crippen LogP contribution in [0.4, 0.5) is 5.69 Å². The Morgan fingerprint density at radius 1 is 1.12 bits per heavy atom. The van der Waals surface area contributed by atoms with E-state index >= 15 is 0 Å². The van der Waals surface area contributed by atoms with Crippen LogP contribution in [-0.2, 0) is 0 Å². The number of hydrogen-bond acceptors (Lipinski definition) is 4. The molecule has 2 N–H and O–H groups in total. The molecule has 5 heteroatoms. The number of pyridine rings is 1. The van der Waals surface area contributed by atoms with Gasteiger partial charge in [-0.25, -0.2) is 0 Å². The first-order chi connectivity index (χ1) is 12.2. The molecule has 0 atom stereocenters. The number of ether oxygens (including phenoxy) is 1. The van der Waals surface area contributed by atoms with Gasteiger partial charge in [-0.3, -0.25) is 9.78 Å². The van der Waals surface area contributed by atoms with E-state index in [1.807, 2.05) is 50.4 Å². The SMILES string of the molecule is CNc1ccccc1C(=O)NC1CCC(Oc2cccnc2C)CC1. The summed E-state index contributed by atoms with van der Waals surface area (Å²) in [6.45, 7) is 1.96. The van der Waals surface area contributed by atoms with Crippen LogP contribution in [0, 0.1) is 6.92 Å². The maximum Gasteiger partial charge on any atom is 0.253 e. The van der Waals surface area contributed by atoms with Gasteiger partial charge in [-0.2, -0.15) is 0 Å². The van der Waals surface area contributed by atoms with Gasteiger partial charge in [0.25, 0.3) is 5.91 Å². The highest BCUT2D eigenvalue weighted by molar-refractivity contribution is 5.99. The van der Waals surface area contributed by atoms with Gasteiger partial charge in [0, 0.05) is 25.0 Å². The van der Waals surface area contributed by atoms with Gasteiger partial charge in [-0.1, -0.05) is 12.1 Å². The second kappa shape index (κ2) is 8.01. The number of para-hydroxylation sites is 1. The molecule has 0 saturated heterocycles. The van der Waals surface area contributed by atoms with E-state index in [0.29, 0.717) is 5.56 Å². The zero-order chi connectivity index (χ0) is 17.6. The maximum atomic E-state index is 12.5. The number of nitrogens with zero attached hydrogens (tertiary/aromatic N) is 1. The molecule has 1 heterocycles. The fraction of sp³-hybridized carbons (Fsp3) is 0.400. The van der Waals surface area contributed by atoms with Crippen molar-refractivity contribution < 1.29 is 9.53 Å². The normalized spacial score (nSPS) is 19.9. The Bertz CT molecular complexity index is 724. The third-order valence-corrected chi connectivity index (χ3v) is 4.70. The zero-order valence-electron chi connectivity index (χ0n) is 14.8. The lowest BCUT2D eigenvalue weighted by Gasteiger charge is -2.30. The van der Waals surface area contributed by atoms with Crippen LogP contribution in [0.2, 0.25) is 0 Å². The Morgan fingerprint density at radius 2 is 1.88 bits per heavy atom. The predicted octanol–water partition coefficient (Wildman–Crippen LogP) is 3.55. The quantitative estimate of drug-likeness (QED) is 0.874. The van der Waals surface area contributed by atoms with Crippen LogP contribution in [0.5, 0.6) is 5.75 Å². The number of aryl methyl sites for hydroxylation is 1. The van der Waals surface area contributed by atoms with Crippen molar-refractivity contribution in [1.82, 2.24) is 10.3 Å². The summed E-state index contributed by atoms with van der Waals surface area (Å²) in [6.07, 6.45) is 5.70. The fourth-order valence-corrected chi connectivity index (χ4v) is 3.26. The number of nitrogens with one attached hydrogen (secondary N) is 2. The Labute approximate surface area is 148 Å². The summed E-state index contributed by atoms with van der Waals surface area (Å²) in [5.74, 6) is 0.843. The number of rotatable bonds is 5. The summed E-state index contributed by atoms with van der Waals surface area (Å²) in [5.41, 5.74) is 2.46. The minimum Gasteiger partial charge on any atom is -0.489 e. The minimum atomic E-state index is -0.0163. The highest BCUT2D eigenvalue weighted by Crippen LogP contribution is 2.25. The van der Waals surface area contributed by atoms with E-state index in [1.165, 1.54) is 0 Å². The average molecular weight is 339 g/mol. The van der Waals surface area contributed by atoms with Crippen LogP contribution >= 0.6 is 0 Å². The van der Waals surface area contributed by atoms with E-state index in [4.69, 9.17) is 4.74 Å². The standard InChI is InChI=1S/C20H25N3O2/c1-14-19(8-5-13-22-14)25-16-11-9-15(10-12-16)23-20(24)17-6-3-4-7-18(17)21-2/h3-8,13,15-16,21H,9-12H2,1-2H3,(H,23,24). The topological polar surface area (TPSA) is 63.2 Å². The number of anilines is 1. The smallest absolute Gasteiger partial charge is 0.253 e. The predicted molar refractivity (Wildman–Crippen MR) is 99.1 cm³/mol. The van der Waals surface area contributed by atoms with Gasteiger partial charge < -0.3 is 15.4 Å². The first-order valence-electron chi connectivity index (χ1n) is 8.83. The molecule has 1 aliphatic rings. The number of benzene rings is 1. The Hall–Kier alpha value is -2.56. The van der Waals surface area contributed by atoms with Crippen LogP contribution in [-0.4, -0.2) is 30.1 Å². The molecule has 1 aliphatic carbocycles.